The molecule has 0 aliphatic carbocycles. The third-order valence-electron chi connectivity index (χ3n) is 5.34. The highest BCUT2D eigenvalue weighted by molar-refractivity contribution is 7.90. The summed E-state index contributed by atoms with van der Waals surface area (Å²) < 4.78 is 32.1. The van der Waals surface area contributed by atoms with Crippen molar-refractivity contribution in [2.75, 3.05) is 20.2 Å². The number of amidine groups is 1. The number of hydrogen-bond acceptors (Lipinski definition) is 5. The molecule has 29 heavy (non-hydrogen) atoms. The van der Waals surface area contributed by atoms with E-state index in [4.69, 9.17) is 4.74 Å². The Morgan fingerprint density at radius 2 is 2.07 bits per heavy atom. The van der Waals surface area contributed by atoms with E-state index in [9.17, 15) is 13.2 Å². The predicted octanol–water partition coefficient (Wildman–Crippen LogP) is 1.97. The number of fused-ring (bicyclic) bond motifs is 1. The first kappa shape index (κ1) is 19.4. The fraction of sp³-hybridized carbons (Fsp3) is 0.333. The van der Waals surface area contributed by atoms with Gasteiger partial charge in [0.25, 0.3) is 10.0 Å². The molecule has 0 aromatic heterocycles. The van der Waals surface area contributed by atoms with Crippen molar-refractivity contribution in [1.29, 1.82) is 0 Å². The van der Waals surface area contributed by atoms with Crippen molar-refractivity contribution in [3.8, 4) is 5.75 Å². The van der Waals surface area contributed by atoms with Crippen molar-refractivity contribution in [1.82, 2.24) is 9.62 Å². The molecule has 2 aromatic rings. The summed E-state index contributed by atoms with van der Waals surface area (Å²) in [5, 5.41) is 0. The highest BCUT2D eigenvalue weighted by Crippen LogP contribution is 2.24. The van der Waals surface area contributed by atoms with Gasteiger partial charge in [-0.15, -0.1) is 0 Å². The number of ether oxygens (including phenoxy) is 1. The van der Waals surface area contributed by atoms with E-state index in [2.05, 4.69) is 9.71 Å². The number of amides is 1. The number of likely N-dealkylation sites (tertiary alicyclic amines) is 1. The predicted molar refractivity (Wildman–Crippen MR) is 110 cm³/mol. The van der Waals surface area contributed by atoms with E-state index >= 15 is 0 Å². The number of carbonyl (C=O) groups is 1. The maximum atomic E-state index is 12.8. The van der Waals surface area contributed by atoms with Gasteiger partial charge in [0.15, 0.2) is 0 Å². The summed E-state index contributed by atoms with van der Waals surface area (Å²) >= 11 is 0. The van der Waals surface area contributed by atoms with Crippen LogP contribution >= 0.6 is 0 Å². The van der Waals surface area contributed by atoms with Crippen LogP contribution in [0.1, 0.15) is 24.0 Å². The van der Waals surface area contributed by atoms with Crippen molar-refractivity contribution in [2.45, 2.75) is 30.2 Å². The average Bonchev–Trinajstić information content (AvgIpc) is 3.29. The van der Waals surface area contributed by atoms with Gasteiger partial charge in [-0.05, 0) is 49.1 Å². The molecule has 2 aliphatic heterocycles. The number of nitrogens with zero attached hydrogens (tertiary/aromatic N) is 2. The SMILES string of the molecule is COc1cccc(CC2CCCN2C(=O)CN=C2NS(=O)(=O)c3ccccc32)c1. The topological polar surface area (TPSA) is 88.1 Å². The van der Waals surface area contributed by atoms with Gasteiger partial charge in [-0.1, -0.05) is 24.3 Å². The zero-order chi connectivity index (χ0) is 20.4. The molecule has 0 saturated carbocycles. The summed E-state index contributed by atoms with van der Waals surface area (Å²) in [6, 6.07) is 14.6. The number of benzene rings is 2. The monoisotopic (exact) mass is 413 g/mol. The summed E-state index contributed by atoms with van der Waals surface area (Å²) in [7, 11) is -1.96. The summed E-state index contributed by atoms with van der Waals surface area (Å²) in [5.41, 5.74) is 1.63. The van der Waals surface area contributed by atoms with Crippen LogP contribution in [0.15, 0.2) is 58.4 Å². The lowest BCUT2D eigenvalue weighted by molar-refractivity contribution is -0.130. The smallest absolute Gasteiger partial charge is 0.263 e. The molecule has 1 atom stereocenters. The van der Waals surface area contributed by atoms with Crippen molar-refractivity contribution in [2.24, 2.45) is 4.99 Å². The number of aliphatic imine (C=N–C) groups is 1. The first-order chi connectivity index (χ1) is 14.0. The van der Waals surface area contributed by atoms with Gasteiger partial charge in [-0.3, -0.25) is 14.5 Å². The summed E-state index contributed by atoms with van der Waals surface area (Å²) in [6.45, 7) is 0.613. The Labute approximate surface area is 170 Å². The molecule has 1 saturated heterocycles. The summed E-state index contributed by atoms with van der Waals surface area (Å²) in [4.78, 5) is 19.2. The standard InChI is InChI=1S/C21H23N3O4S/c1-28-17-8-4-6-15(13-17)12-16-7-5-11-24(16)20(25)14-22-21-18-9-2-3-10-19(18)29(26,27)23-21/h2-4,6,8-10,13,16H,5,7,11-12,14H2,1H3,(H,22,23). The maximum absolute atomic E-state index is 12.8. The Hall–Kier alpha value is -2.87. The lowest BCUT2D eigenvalue weighted by Gasteiger charge is -2.24. The first-order valence-electron chi connectivity index (χ1n) is 9.57. The van der Waals surface area contributed by atoms with Crippen LogP contribution in [0.2, 0.25) is 0 Å². The number of hydrogen-bond donors (Lipinski definition) is 1. The van der Waals surface area contributed by atoms with Gasteiger partial charge >= 0.3 is 0 Å². The van der Waals surface area contributed by atoms with Gasteiger partial charge in [0.05, 0.1) is 12.0 Å². The highest BCUT2D eigenvalue weighted by atomic mass is 32.2. The van der Waals surface area contributed by atoms with Gasteiger partial charge in [-0.2, -0.15) is 0 Å². The van der Waals surface area contributed by atoms with Crippen LogP contribution in [0.3, 0.4) is 0 Å². The lowest BCUT2D eigenvalue weighted by Crippen LogP contribution is -2.38. The largest absolute Gasteiger partial charge is 0.497 e. The third-order valence-corrected chi connectivity index (χ3v) is 6.74. The van der Waals surface area contributed by atoms with Gasteiger partial charge in [0.1, 0.15) is 18.1 Å². The van der Waals surface area contributed by atoms with Gasteiger partial charge in [0, 0.05) is 18.2 Å². The number of nitrogens with one attached hydrogen (secondary N) is 1. The normalized spacial score (nSPS) is 21.1. The number of sulfonamides is 1. The maximum Gasteiger partial charge on any atom is 0.263 e. The molecule has 0 spiro atoms. The van der Waals surface area contributed by atoms with Crippen LogP contribution in [-0.2, 0) is 21.2 Å². The molecule has 7 nitrogen and oxygen atoms in total. The molecule has 1 fully saturated rings. The molecule has 1 unspecified atom stereocenters. The van der Waals surface area contributed by atoms with E-state index in [1.165, 1.54) is 6.07 Å². The fourth-order valence-corrected chi connectivity index (χ4v) is 5.19. The molecule has 1 amide bonds. The summed E-state index contributed by atoms with van der Waals surface area (Å²) in [6.07, 6.45) is 2.65. The summed E-state index contributed by atoms with van der Waals surface area (Å²) in [5.74, 6) is 0.945. The van der Waals surface area contributed by atoms with E-state index in [-0.39, 0.29) is 29.2 Å². The minimum atomic E-state index is -3.60. The zero-order valence-corrected chi connectivity index (χ0v) is 17.0. The fourth-order valence-electron chi connectivity index (χ4n) is 3.94. The van der Waals surface area contributed by atoms with Crippen molar-refractivity contribution < 1.29 is 17.9 Å². The van der Waals surface area contributed by atoms with E-state index in [0.29, 0.717) is 12.1 Å². The Morgan fingerprint density at radius 3 is 2.90 bits per heavy atom. The molecule has 152 valence electrons. The second-order valence-electron chi connectivity index (χ2n) is 7.21. The van der Waals surface area contributed by atoms with E-state index in [1.807, 2.05) is 29.2 Å². The minimum Gasteiger partial charge on any atom is -0.497 e. The second-order valence-corrected chi connectivity index (χ2v) is 8.86. The minimum absolute atomic E-state index is 0.0825. The van der Waals surface area contributed by atoms with E-state index in [1.54, 1.807) is 25.3 Å². The van der Waals surface area contributed by atoms with Crippen molar-refractivity contribution >= 4 is 21.8 Å². The van der Waals surface area contributed by atoms with Crippen LogP contribution in [0.5, 0.6) is 5.75 Å². The number of rotatable bonds is 5. The molecular weight excluding hydrogens is 390 g/mol. The molecule has 1 N–H and O–H groups in total. The van der Waals surface area contributed by atoms with E-state index < -0.39 is 10.0 Å². The van der Waals surface area contributed by atoms with Gasteiger partial charge in [-0.25, -0.2) is 8.42 Å². The molecule has 2 heterocycles. The van der Waals surface area contributed by atoms with Crippen LogP contribution in [0.4, 0.5) is 0 Å². The van der Waals surface area contributed by atoms with Gasteiger partial charge < -0.3 is 9.64 Å². The van der Waals surface area contributed by atoms with Crippen LogP contribution in [0, 0.1) is 0 Å². The Balaban J connectivity index is 1.46. The van der Waals surface area contributed by atoms with Crippen LogP contribution < -0.4 is 9.46 Å². The molecule has 2 aromatic carbocycles. The van der Waals surface area contributed by atoms with E-state index in [0.717, 1.165) is 30.6 Å². The highest BCUT2D eigenvalue weighted by Gasteiger charge is 2.32. The Kier molecular flexibility index (Phi) is 5.27. The quantitative estimate of drug-likeness (QED) is 0.812. The number of carbonyl (C=O) groups excluding carboxylic acids is 1. The third kappa shape index (κ3) is 3.98. The molecule has 0 radical (unpaired) electrons. The molecule has 0 bridgehead atoms. The molecule has 4 rings (SSSR count). The lowest BCUT2D eigenvalue weighted by atomic mass is 10.0. The second kappa shape index (κ2) is 7.87. The zero-order valence-electron chi connectivity index (χ0n) is 16.2. The molecule has 8 heteroatoms. The molecular formula is C21H23N3O4S. The van der Waals surface area contributed by atoms with Crippen LogP contribution in [-0.4, -0.2) is 51.3 Å². The first-order valence-corrected chi connectivity index (χ1v) is 11.1. The number of methoxy groups -OCH3 is 1. The van der Waals surface area contributed by atoms with Crippen molar-refractivity contribution in [3.05, 3.63) is 59.7 Å². The Morgan fingerprint density at radius 1 is 1.24 bits per heavy atom. The molecule has 2 aliphatic rings. The van der Waals surface area contributed by atoms with Crippen LogP contribution in [0.25, 0.3) is 0 Å². The average molecular weight is 413 g/mol. The van der Waals surface area contributed by atoms with Crippen molar-refractivity contribution in [3.63, 3.8) is 0 Å². The Bertz CT molecular complexity index is 1070. The van der Waals surface area contributed by atoms with Gasteiger partial charge in [0.2, 0.25) is 5.91 Å².